The minimum Gasteiger partial charge on any atom is -0.493 e. The lowest BCUT2D eigenvalue weighted by molar-refractivity contribution is -0.385. The smallest absolute Gasteiger partial charge is 0.273 e. The van der Waals surface area contributed by atoms with Gasteiger partial charge in [-0.15, -0.1) is 0 Å². The Morgan fingerprint density at radius 3 is 2.82 bits per heavy atom. The second kappa shape index (κ2) is 10.2. The molecular weight excluding hydrogens is 430 g/mol. The third kappa shape index (κ3) is 5.65. The Hall–Kier alpha value is -3.20. The molecule has 2 aromatic carbocycles. The first-order valence-corrected chi connectivity index (χ1v) is 8.91. The number of methoxy groups -OCH3 is 1. The molecule has 0 spiro atoms. The summed E-state index contributed by atoms with van der Waals surface area (Å²) in [6.45, 7) is 3.92. The van der Waals surface area contributed by atoms with E-state index in [4.69, 9.17) is 9.47 Å². The lowest BCUT2D eigenvalue weighted by Gasteiger charge is -2.12. The summed E-state index contributed by atoms with van der Waals surface area (Å²) in [6.07, 6.45) is 2.89. The third-order valence-corrected chi connectivity index (χ3v) is 4.13. The van der Waals surface area contributed by atoms with Crippen molar-refractivity contribution in [1.29, 1.82) is 0 Å². The first-order valence-electron chi connectivity index (χ1n) is 8.11. The summed E-state index contributed by atoms with van der Waals surface area (Å²) < 4.78 is 11.5. The van der Waals surface area contributed by atoms with Crippen LogP contribution in [0.3, 0.4) is 0 Å². The Morgan fingerprint density at radius 1 is 1.39 bits per heavy atom. The molecule has 1 N–H and O–H groups in total. The number of rotatable bonds is 9. The van der Waals surface area contributed by atoms with E-state index in [2.05, 4.69) is 33.0 Å². The fourth-order valence-electron chi connectivity index (χ4n) is 2.33. The van der Waals surface area contributed by atoms with E-state index in [-0.39, 0.29) is 12.1 Å². The van der Waals surface area contributed by atoms with Crippen LogP contribution in [0.5, 0.6) is 11.5 Å². The fraction of sp³-hybridized carbons (Fsp3) is 0.158. The van der Waals surface area contributed by atoms with Crippen LogP contribution in [0, 0.1) is 10.1 Å². The quantitative estimate of drug-likeness (QED) is 0.273. The summed E-state index contributed by atoms with van der Waals surface area (Å²) in [5, 5.41) is 14.9. The summed E-state index contributed by atoms with van der Waals surface area (Å²) in [4.78, 5) is 22.5. The minimum atomic E-state index is -0.522. The molecule has 1 amide bonds. The lowest BCUT2D eigenvalue weighted by atomic mass is 10.1. The lowest BCUT2D eigenvalue weighted by Crippen LogP contribution is -2.20. The third-order valence-electron chi connectivity index (χ3n) is 3.54. The number of nitro benzene ring substituents is 1. The van der Waals surface area contributed by atoms with Crippen LogP contribution in [-0.4, -0.2) is 30.8 Å². The molecule has 0 aliphatic carbocycles. The maximum absolute atomic E-state index is 12.0. The van der Waals surface area contributed by atoms with E-state index in [0.717, 1.165) is 0 Å². The molecule has 146 valence electrons. The molecule has 2 aromatic rings. The molecule has 0 bridgehead atoms. The van der Waals surface area contributed by atoms with Gasteiger partial charge in [0.15, 0.2) is 11.5 Å². The van der Waals surface area contributed by atoms with Crippen LogP contribution in [0.15, 0.2) is 58.6 Å². The Labute approximate surface area is 170 Å². The van der Waals surface area contributed by atoms with Gasteiger partial charge in [-0.2, -0.15) is 5.10 Å². The molecule has 9 heteroatoms. The van der Waals surface area contributed by atoms with E-state index in [1.807, 2.05) is 0 Å². The van der Waals surface area contributed by atoms with E-state index in [9.17, 15) is 14.9 Å². The van der Waals surface area contributed by atoms with Crippen LogP contribution < -0.4 is 14.9 Å². The number of amides is 1. The van der Waals surface area contributed by atoms with Crippen molar-refractivity contribution in [2.75, 3.05) is 13.7 Å². The Morgan fingerprint density at radius 2 is 2.14 bits per heavy atom. The van der Waals surface area contributed by atoms with Crippen molar-refractivity contribution in [2.45, 2.75) is 6.42 Å². The predicted octanol–water partition coefficient (Wildman–Crippen LogP) is 3.62. The van der Waals surface area contributed by atoms with Gasteiger partial charge in [-0.05, 0) is 33.6 Å². The van der Waals surface area contributed by atoms with Crippen molar-refractivity contribution in [3.63, 3.8) is 0 Å². The number of carbonyl (C=O) groups is 1. The number of hydrazone groups is 1. The molecule has 0 atom stereocenters. The van der Waals surface area contributed by atoms with Gasteiger partial charge in [0, 0.05) is 11.6 Å². The molecule has 0 aromatic heterocycles. The number of nitrogens with zero attached hydrogens (tertiary/aromatic N) is 2. The molecule has 0 aliphatic rings. The van der Waals surface area contributed by atoms with Gasteiger partial charge in [-0.1, -0.05) is 30.9 Å². The highest BCUT2D eigenvalue weighted by Crippen LogP contribution is 2.36. The molecular formula is C19H18BrN3O5. The number of ether oxygens (including phenoxy) is 2. The highest BCUT2D eigenvalue weighted by molar-refractivity contribution is 9.10. The zero-order valence-corrected chi connectivity index (χ0v) is 16.6. The van der Waals surface area contributed by atoms with Gasteiger partial charge < -0.3 is 9.47 Å². The molecule has 0 aliphatic heterocycles. The zero-order valence-electron chi connectivity index (χ0n) is 15.1. The predicted molar refractivity (Wildman–Crippen MR) is 109 cm³/mol. The first kappa shape index (κ1) is 21.1. The summed E-state index contributed by atoms with van der Waals surface area (Å²) in [5.74, 6) is 0.548. The highest BCUT2D eigenvalue weighted by atomic mass is 79.9. The number of nitro groups is 1. The minimum absolute atomic E-state index is 0.106. The second-order valence-corrected chi connectivity index (χ2v) is 6.34. The first-order chi connectivity index (χ1) is 13.5. The van der Waals surface area contributed by atoms with Crippen LogP contribution in [0.1, 0.15) is 11.1 Å². The molecule has 0 unspecified atom stereocenters. The molecule has 0 saturated heterocycles. The number of nitrogens with one attached hydrogen (secondary N) is 1. The van der Waals surface area contributed by atoms with Gasteiger partial charge in [0.25, 0.3) is 5.69 Å². The molecule has 0 fully saturated rings. The van der Waals surface area contributed by atoms with E-state index in [1.165, 1.54) is 25.5 Å². The Bertz CT molecular complexity index is 914. The molecule has 0 saturated carbocycles. The summed E-state index contributed by atoms with van der Waals surface area (Å²) in [6, 6.07) is 9.51. The van der Waals surface area contributed by atoms with Crippen LogP contribution in [0.4, 0.5) is 5.69 Å². The largest absolute Gasteiger partial charge is 0.493 e. The standard InChI is InChI=1S/C19H18BrN3O5/c1-3-8-28-19-15(20)9-13(10-17(19)27-2)12-21-22-18(24)11-14-6-4-5-7-16(14)23(25)26/h3-7,9-10,12H,1,8,11H2,2H3,(H,22,24)/b21-12+. The van der Waals surface area contributed by atoms with Gasteiger partial charge in [0.2, 0.25) is 5.91 Å². The molecule has 8 nitrogen and oxygen atoms in total. The van der Waals surface area contributed by atoms with Crippen LogP contribution >= 0.6 is 15.9 Å². The fourth-order valence-corrected chi connectivity index (χ4v) is 2.90. The Balaban J connectivity index is 2.06. The van der Waals surface area contributed by atoms with Gasteiger partial charge in [-0.25, -0.2) is 5.43 Å². The van der Waals surface area contributed by atoms with Gasteiger partial charge in [0.1, 0.15) is 6.61 Å². The van der Waals surface area contributed by atoms with Crippen LogP contribution in [-0.2, 0) is 11.2 Å². The van der Waals surface area contributed by atoms with Crippen molar-refractivity contribution >= 4 is 33.7 Å². The van der Waals surface area contributed by atoms with Crippen molar-refractivity contribution in [3.05, 3.63) is 74.8 Å². The SMILES string of the molecule is C=CCOc1c(Br)cc(/C=N/NC(=O)Cc2ccccc2[N+](=O)[O-])cc1OC. The van der Waals surface area contributed by atoms with Gasteiger partial charge >= 0.3 is 0 Å². The van der Waals surface area contributed by atoms with E-state index in [0.29, 0.717) is 33.7 Å². The highest BCUT2D eigenvalue weighted by Gasteiger charge is 2.15. The maximum Gasteiger partial charge on any atom is 0.273 e. The number of carbonyl (C=O) groups excluding carboxylic acids is 1. The van der Waals surface area contributed by atoms with E-state index in [1.54, 1.807) is 30.3 Å². The molecule has 0 heterocycles. The number of halogens is 1. The monoisotopic (exact) mass is 447 g/mol. The second-order valence-electron chi connectivity index (χ2n) is 5.49. The van der Waals surface area contributed by atoms with Crippen molar-refractivity contribution < 1.29 is 19.2 Å². The summed E-state index contributed by atoms with van der Waals surface area (Å²) in [7, 11) is 1.51. The Kier molecular flexibility index (Phi) is 7.70. The number of hydrogen-bond acceptors (Lipinski definition) is 6. The number of para-hydroxylation sites is 1. The van der Waals surface area contributed by atoms with Crippen LogP contribution in [0.25, 0.3) is 0 Å². The number of benzene rings is 2. The van der Waals surface area contributed by atoms with Crippen molar-refractivity contribution in [3.8, 4) is 11.5 Å². The van der Waals surface area contributed by atoms with Crippen molar-refractivity contribution in [1.82, 2.24) is 5.43 Å². The summed E-state index contributed by atoms with van der Waals surface area (Å²) in [5.41, 5.74) is 3.22. The normalized spacial score (nSPS) is 10.5. The van der Waals surface area contributed by atoms with Crippen LogP contribution in [0.2, 0.25) is 0 Å². The summed E-state index contributed by atoms with van der Waals surface area (Å²) >= 11 is 3.40. The van der Waals surface area contributed by atoms with E-state index >= 15 is 0 Å². The molecule has 0 radical (unpaired) electrons. The zero-order chi connectivity index (χ0) is 20.5. The average molecular weight is 448 g/mol. The van der Waals surface area contributed by atoms with Gasteiger partial charge in [-0.3, -0.25) is 14.9 Å². The van der Waals surface area contributed by atoms with Gasteiger partial charge in [0.05, 0.1) is 29.1 Å². The average Bonchev–Trinajstić information content (AvgIpc) is 2.67. The molecule has 2 rings (SSSR count). The maximum atomic E-state index is 12.0. The molecule has 28 heavy (non-hydrogen) atoms. The number of hydrogen-bond donors (Lipinski definition) is 1. The topological polar surface area (TPSA) is 103 Å². The van der Waals surface area contributed by atoms with E-state index < -0.39 is 10.8 Å². The van der Waals surface area contributed by atoms with Crippen molar-refractivity contribution in [2.24, 2.45) is 5.10 Å².